The van der Waals surface area contributed by atoms with Gasteiger partial charge < -0.3 is 5.73 Å². The van der Waals surface area contributed by atoms with Crippen LogP contribution < -0.4 is 5.73 Å². The average Bonchev–Trinajstić information content (AvgIpc) is 2.87. The molecule has 16 heavy (non-hydrogen) atoms. The van der Waals surface area contributed by atoms with Crippen molar-refractivity contribution in [2.45, 2.75) is 45.2 Å². The fraction of sp³-hybridized carbons (Fsp3) is 0.727. The van der Waals surface area contributed by atoms with Crippen molar-refractivity contribution in [1.29, 1.82) is 0 Å². The van der Waals surface area contributed by atoms with Gasteiger partial charge in [-0.05, 0) is 19.3 Å². The van der Waals surface area contributed by atoms with Crippen LogP contribution in [-0.4, -0.2) is 26.8 Å². The Bertz CT molecular complexity index is 374. The first-order chi connectivity index (χ1) is 7.74. The van der Waals surface area contributed by atoms with Crippen LogP contribution in [0, 0.1) is 5.92 Å². The number of aryl methyl sites for hydroxylation is 1. The Morgan fingerprint density at radius 3 is 3.06 bits per heavy atom. The molecular formula is C11H18N4O. The number of hydrogen-bond donors (Lipinski definition) is 1. The van der Waals surface area contributed by atoms with Gasteiger partial charge in [0.05, 0.1) is 6.20 Å². The number of rotatable bonds is 4. The van der Waals surface area contributed by atoms with E-state index in [-0.39, 0.29) is 17.7 Å². The predicted molar refractivity (Wildman–Crippen MR) is 60.0 cm³/mol. The second kappa shape index (κ2) is 4.74. The summed E-state index contributed by atoms with van der Waals surface area (Å²) in [6.07, 6.45) is 5.40. The van der Waals surface area contributed by atoms with Gasteiger partial charge in [0.25, 0.3) is 0 Å². The van der Waals surface area contributed by atoms with Crippen molar-refractivity contribution >= 4 is 5.78 Å². The minimum Gasteiger partial charge on any atom is -0.327 e. The van der Waals surface area contributed by atoms with Crippen molar-refractivity contribution in [3.05, 3.63) is 11.9 Å². The average molecular weight is 222 g/mol. The smallest absolute Gasteiger partial charge is 0.187 e. The largest absolute Gasteiger partial charge is 0.327 e. The van der Waals surface area contributed by atoms with E-state index in [9.17, 15) is 4.79 Å². The highest BCUT2D eigenvalue weighted by Gasteiger charge is 2.32. The Hall–Kier alpha value is -1.23. The lowest BCUT2D eigenvalue weighted by Crippen LogP contribution is -2.31. The van der Waals surface area contributed by atoms with Gasteiger partial charge in [0.1, 0.15) is 5.69 Å². The highest BCUT2D eigenvalue weighted by atomic mass is 16.1. The van der Waals surface area contributed by atoms with Crippen molar-refractivity contribution in [2.75, 3.05) is 0 Å². The van der Waals surface area contributed by atoms with Crippen LogP contribution in [0.4, 0.5) is 0 Å². The molecule has 1 aliphatic rings. The van der Waals surface area contributed by atoms with Crippen molar-refractivity contribution in [3.63, 3.8) is 0 Å². The molecule has 5 nitrogen and oxygen atoms in total. The number of carbonyl (C=O) groups is 1. The Labute approximate surface area is 95.0 Å². The van der Waals surface area contributed by atoms with Gasteiger partial charge in [-0.1, -0.05) is 18.6 Å². The van der Waals surface area contributed by atoms with Crippen molar-refractivity contribution < 1.29 is 4.79 Å². The molecule has 0 aromatic carbocycles. The monoisotopic (exact) mass is 222 g/mol. The maximum absolute atomic E-state index is 12.2. The van der Waals surface area contributed by atoms with Crippen molar-refractivity contribution in [2.24, 2.45) is 11.7 Å². The maximum atomic E-state index is 12.2. The Morgan fingerprint density at radius 1 is 1.62 bits per heavy atom. The summed E-state index contributed by atoms with van der Waals surface area (Å²) < 4.78 is 1.69. The molecule has 0 saturated heterocycles. The number of nitrogens with zero attached hydrogens (tertiary/aromatic N) is 3. The normalized spacial score (nSPS) is 24.9. The number of Topliss-reactive ketones (excluding diaryl/α,β-unsaturated/α-hetero) is 1. The van der Waals surface area contributed by atoms with Gasteiger partial charge in [-0.15, -0.1) is 5.10 Å². The predicted octanol–water partition coefficient (Wildman–Crippen LogP) is 0.998. The fourth-order valence-corrected chi connectivity index (χ4v) is 2.33. The van der Waals surface area contributed by atoms with E-state index >= 15 is 0 Å². The molecule has 2 N–H and O–H groups in total. The zero-order valence-corrected chi connectivity index (χ0v) is 9.59. The minimum atomic E-state index is -0.0332. The molecule has 0 spiro atoms. The summed E-state index contributed by atoms with van der Waals surface area (Å²) in [6, 6.07) is 0.0116. The lowest BCUT2D eigenvalue weighted by Gasteiger charge is -2.13. The SMILES string of the molecule is CCCn1nncc1C(=O)C1CCCC1N. The summed E-state index contributed by atoms with van der Waals surface area (Å²) in [4.78, 5) is 12.2. The molecule has 0 aliphatic heterocycles. The van der Waals surface area contributed by atoms with Crippen LogP contribution >= 0.6 is 0 Å². The Morgan fingerprint density at radius 2 is 2.44 bits per heavy atom. The van der Waals surface area contributed by atoms with Crippen LogP contribution in [0.5, 0.6) is 0 Å². The van der Waals surface area contributed by atoms with Gasteiger partial charge in [-0.2, -0.15) is 0 Å². The quantitative estimate of drug-likeness (QED) is 0.771. The molecule has 0 radical (unpaired) electrons. The number of carbonyl (C=O) groups excluding carboxylic acids is 1. The highest BCUT2D eigenvalue weighted by molar-refractivity contribution is 5.96. The van der Waals surface area contributed by atoms with Gasteiger partial charge in [0.15, 0.2) is 5.78 Å². The molecule has 1 aliphatic carbocycles. The van der Waals surface area contributed by atoms with Crippen LogP contribution in [0.25, 0.3) is 0 Å². The summed E-state index contributed by atoms with van der Waals surface area (Å²) in [5.74, 6) is 0.0811. The topological polar surface area (TPSA) is 73.8 Å². The van der Waals surface area contributed by atoms with Crippen LogP contribution in [0.2, 0.25) is 0 Å². The van der Waals surface area contributed by atoms with Crippen molar-refractivity contribution in [3.8, 4) is 0 Å². The summed E-state index contributed by atoms with van der Waals surface area (Å²) in [7, 11) is 0. The summed E-state index contributed by atoms with van der Waals surface area (Å²) in [5, 5.41) is 7.74. The fourth-order valence-electron chi connectivity index (χ4n) is 2.33. The van der Waals surface area contributed by atoms with Crippen LogP contribution in [0.1, 0.15) is 43.1 Å². The lowest BCUT2D eigenvalue weighted by molar-refractivity contribution is 0.0902. The number of ketones is 1. The zero-order valence-electron chi connectivity index (χ0n) is 9.59. The van der Waals surface area contributed by atoms with E-state index in [1.807, 2.05) is 0 Å². The van der Waals surface area contributed by atoms with Gasteiger partial charge in [0.2, 0.25) is 0 Å². The van der Waals surface area contributed by atoms with E-state index in [4.69, 9.17) is 5.73 Å². The molecule has 1 aromatic rings. The molecule has 0 bridgehead atoms. The molecule has 2 rings (SSSR count). The minimum absolute atomic E-state index is 0.0116. The summed E-state index contributed by atoms with van der Waals surface area (Å²) in [5.41, 5.74) is 6.55. The molecule has 5 heteroatoms. The second-order valence-electron chi connectivity index (χ2n) is 4.41. The third-order valence-corrected chi connectivity index (χ3v) is 3.21. The first-order valence-electron chi connectivity index (χ1n) is 5.92. The van der Waals surface area contributed by atoms with Crippen LogP contribution in [0.15, 0.2) is 6.20 Å². The first kappa shape index (κ1) is 11.3. The van der Waals surface area contributed by atoms with Gasteiger partial charge >= 0.3 is 0 Å². The van der Waals surface area contributed by atoms with Gasteiger partial charge in [-0.25, -0.2) is 4.68 Å². The first-order valence-corrected chi connectivity index (χ1v) is 5.92. The van der Waals surface area contributed by atoms with Gasteiger partial charge in [-0.3, -0.25) is 4.79 Å². The number of aromatic nitrogens is 3. The third kappa shape index (κ3) is 2.00. The van der Waals surface area contributed by atoms with E-state index < -0.39 is 0 Å². The molecule has 1 saturated carbocycles. The summed E-state index contributed by atoms with van der Waals surface area (Å²) >= 11 is 0. The van der Waals surface area contributed by atoms with Crippen molar-refractivity contribution in [1.82, 2.24) is 15.0 Å². The second-order valence-corrected chi connectivity index (χ2v) is 4.41. The standard InChI is InChI=1S/C11H18N4O/c1-2-6-15-10(7-13-14-15)11(16)8-4-3-5-9(8)12/h7-9H,2-6,12H2,1H3. The molecule has 1 fully saturated rings. The van der Waals surface area contributed by atoms with E-state index in [0.717, 1.165) is 32.2 Å². The summed E-state index contributed by atoms with van der Waals surface area (Å²) in [6.45, 7) is 2.79. The molecule has 88 valence electrons. The van der Waals surface area contributed by atoms with Crippen LogP contribution in [0.3, 0.4) is 0 Å². The highest BCUT2D eigenvalue weighted by Crippen LogP contribution is 2.27. The zero-order chi connectivity index (χ0) is 11.5. The molecule has 2 atom stereocenters. The lowest BCUT2D eigenvalue weighted by atomic mass is 9.97. The molecule has 0 amide bonds. The number of hydrogen-bond acceptors (Lipinski definition) is 4. The van der Waals surface area contributed by atoms with E-state index in [1.54, 1.807) is 10.9 Å². The van der Waals surface area contributed by atoms with Crippen LogP contribution in [-0.2, 0) is 6.54 Å². The molecular weight excluding hydrogens is 204 g/mol. The maximum Gasteiger partial charge on any atom is 0.187 e. The molecule has 1 heterocycles. The third-order valence-electron chi connectivity index (χ3n) is 3.21. The molecule has 1 aromatic heterocycles. The van der Waals surface area contributed by atoms with E-state index in [0.29, 0.717) is 5.69 Å². The van der Waals surface area contributed by atoms with E-state index in [2.05, 4.69) is 17.2 Å². The Balaban J connectivity index is 2.16. The van der Waals surface area contributed by atoms with E-state index in [1.165, 1.54) is 0 Å². The van der Waals surface area contributed by atoms with Gasteiger partial charge in [0, 0.05) is 18.5 Å². The molecule has 2 unspecified atom stereocenters. The number of nitrogens with two attached hydrogens (primary N) is 1. The Kier molecular flexibility index (Phi) is 3.33.